The molecule has 3 rings (SSSR count). The monoisotopic (exact) mass is 191 g/mol. The maximum atomic E-state index is 4.28. The SMILES string of the molecule is CCCn1cnnc1C1CC2CC2C1. The Hall–Kier alpha value is -0.860. The molecule has 2 unspecified atom stereocenters. The molecule has 0 amide bonds. The van der Waals surface area contributed by atoms with Gasteiger partial charge in [-0.25, -0.2) is 0 Å². The van der Waals surface area contributed by atoms with E-state index < -0.39 is 0 Å². The van der Waals surface area contributed by atoms with Gasteiger partial charge in [-0.2, -0.15) is 0 Å². The summed E-state index contributed by atoms with van der Waals surface area (Å²) >= 11 is 0. The van der Waals surface area contributed by atoms with Gasteiger partial charge in [0.15, 0.2) is 0 Å². The molecule has 0 saturated heterocycles. The molecule has 2 saturated carbocycles. The molecule has 2 atom stereocenters. The maximum absolute atomic E-state index is 4.28. The zero-order valence-electron chi connectivity index (χ0n) is 8.69. The van der Waals surface area contributed by atoms with Crippen LogP contribution in [0.4, 0.5) is 0 Å². The summed E-state index contributed by atoms with van der Waals surface area (Å²) in [5, 5.41) is 8.32. The summed E-state index contributed by atoms with van der Waals surface area (Å²) in [7, 11) is 0. The van der Waals surface area contributed by atoms with Crippen molar-refractivity contribution < 1.29 is 0 Å². The van der Waals surface area contributed by atoms with Gasteiger partial charge in [-0.05, 0) is 37.5 Å². The molecule has 76 valence electrons. The average Bonchev–Trinajstić information content (AvgIpc) is 2.67. The highest BCUT2D eigenvalue weighted by Crippen LogP contribution is 2.57. The van der Waals surface area contributed by atoms with E-state index in [4.69, 9.17) is 0 Å². The van der Waals surface area contributed by atoms with Crippen LogP contribution in [0, 0.1) is 11.8 Å². The van der Waals surface area contributed by atoms with Crippen molar-refractivity contribution in [1.29, 1.82) is 0 Å². The zero-order chi connectivity index (χ0) is 9.54. The Kier molecular flexibility index (Phi) is 1.85. The number of nitrogens with zero attached hydrogens (tertiary/aromatic N) is 3. The van der Waals surface area contributed by atoms with Gasteiger partial charge in [0, 0.05) is 12.5 Å². The summed E-state index contributed by atoms with van der Waals surface area (Å²) in [5.74, 6) is 4.03. The van der Waals surface area contributed by atoms with Crippen molar-refractivity contribution >= 4 is 0 Å². The quantitative estimate of drug-likeness (QED) is 0.733. The fourth-order valence-electron chi connectivity index (χ4n) is 2.92. The first-order valence-corrected chi connectivity index (χ1v) is 5.76. The van der Waals surface area contributed by atoms with E-state index in [1.54, 1.807) is 0 Å². The molecule has 1 aromatic rings. The molecule has 1 heterocycles. The summed E-state index contributed by atoms with van der Waals surface area (Å²) in [4.78, 5) is 0. The van der Waals surface area contributed by atoms with Crippen LogP contribution in [0.2, 0.25) is 0 Å². The van der Waals surface area contributed by atoms with E-state index in [-0.39, 0.29) is 0 Å². The Labute approximate surface area is 84.5 Å². The Morgan fingerprint density at radius 1 is 1.36 bits per heavy atom. The smallest absolute Gasteiger partial charge is 0.135 e. The first-order chi connectivity index (χ1) is 6.88. The molecular weight excluding hydrogens is 174 g/mol. The number of hydrogen-bond donors (Lipinski definition) is 0. The molecule has 3 nitrogen and oxygen atoms in total. The highest BCUT2D eigenvalue weighted by atomic mass is 15.3. The van der Waals surface area contributed by atoms with Gasteiger partial charge in [-0.1, -0.05) is 6.92 Å². The third-order valence-electron chi connectivity index (χ3n) is 3.72. The number of hydrogen-bond acceptors (Lipinski definition) is 2. The van der Waals surface area contributed by atoms with Crippen molar-refractivity contribution in [2.45, 2.75) is 45.1 Å². The second-order valence-corrected chi connectivity index (χ2v) is 4.81. The van der Waals surface area contributed by atoms with Crippen LogP contribution < -0.4 is 0 Å². The standard InChI is InChI=1S/C11H17N3/c1-2-3-14-7-12-13-11(14)10-5-8-4-9(8)6-10/h7-10H,2-6H2,1H3. The summed E-state index contributed by atoms with van der Waals surface area (Å²) in [6.07, 6.45) is 7.28. The molecular formula is C11H17N3. The lowest BCUT2D eigenvalue weighted by molar-refractivity contribution is 0.536. The Morgan fingerprint density at radius 2 is 2.14 bits per heavy atom. The van der Waals surface area contributed by atoms with Crippen LogP contribution in [-0.4, -0.2) is 14.8 Å². The highest BCUT2D eigenvalue weighted by molar-refractivity contribution is 5.08. The van der Waals surface area contributed by atoms with Gasteiger partial charge in [0.25, 0.3) is 0 Å². The van der Waals surface area contributed by atoms with Crippen molar-refractivity contribution in [1.82, 2.24) is 14.8 Å². The van der Waals surface area contributed by atoms with Gasteiger partial charge in [0.05, 0.1) is 0 Å². The average molecular weight is 191 g/mol. The van der Waals surface area contributed by atoms with Crippen molar-refractivity contribution in [2.75, 3.05) is 0 Å². The Bertz CT molecular complexity index is 321. The Balaban J connectivity index is 1.78. The molecule has 0 bridgehead atoms. The van der Waals surface area contributed by atoms with E-state index in [2.05, 4.69) is 21.7 Å². The molecule has 2 aliphatic rings. The van der Waals surface area contributed by atoms with Gasteiger partial charge in [-0.3, -0.25) is 0 Å². The molecule has 14 heavy (non-hydrogen) atoms. The lowest BCUT2D eigenvalue weighted by Crippen LogP contribution is -2.07. The van der Waals surface area contributed by atoms with E-state index in [0.717, 1.165) is 18.4 Å². The minimum Gasteiger partial charge on any atom is -0.317 e. The van der Waals surface area contributed by atoms with Crippen LogP contribution in [-0.2, 0) is 6.54 Å². The third-order valence-corrected chi connectivity index (χ3v) is 3.72. The largest absolute Gasteiger partial charge is 0.317 e. The van der Waals surface area contributed by atoms with Crippen molar-refractivity contribution in [2.24, 2.45) is 11.8 Å². The zero-order valence-corrected chi connectivity index (χ0v) is 8.69. The van der Waals surface area contributed by atoms with Gasteiger partial charge >= 0.3 is 0 Å². The molecule has 0 aliphatic heterocycles. The number of rotatable bonds is 3. The fourth-order valence-corrected chi connectivity index (χ4v) is 2.92. The predicted molar refractivity (Wildman–Crippen MR) is 53.9 cm³/mol. The van der Waals surface area contributed by atoms with Crippen molar-refractivity contribution in [3.8, 4) is 0 Å². The lowest BCUT2D eigenvalue weighted by Gasteiger charge is -2.12. The van der Waals surface area contributed by atoms with Crippen molar-refractivity contribution in [3.63, 3.8) is 0 Å². The molecule has 1 aromatic heterocycles. The second kappa shape index (κ2) is 3.07. The minimum atomic E-state index is 0.716. The first kappa shape index (κ1) is 8.45. The predicted octanol–water partition coefficient (Wildman–Crippen LogP) is 2.20. The summed E-state index contributed by atoms with van der Waals surface area (Å²) < 4.78 is 2.25. The minimum absolute atomic E-state index is 0.716. The lowest BCUT2D eigenvalue weighted by atomic mass is 10.0. The van der Waals surface area contributed by atoms with Crippen LogP contribution in [0.1, 0.15) is 44.3 Å². The number of fused-ring (bicyclic) bond motifs is 1. The van der Waals surface area contributed by atoms with E-state index in [0.29, 0.717) is 5.92 Å². The van der Waals surface area contributed by atoms with Crippen LogP contribution in [0.15, 0.2) is 6.33 Å². The third kappa shape index (κ3) is 1.26. The maximum Gasteiger partial charge on any atom is 0.135 e. The van der Waals surface area contributed by atoms with Crippen molar-refractivity contribution in [3.05, 3.63) is 12.2 Å². The van der Waals surface area contributed by atoms with E-state index >= 15 is 0 Å². The second-order valence-electron chi connectivity index (χ2n) is 4.81. The number of aryl methyl sites for hydroxylation is 1. The topological polar surface area (TPSA) is 30.7 Å². The summed E-state index contributed by atoms with van der Waals surface area (Å²) in [6.45, 7) is 3.28. The van der Waals surface area contributed by atoms with Crippen LogP contribution in [0.25, 0.3) is 0 Å². The summed E-state index contributed by atoms with van der Waals surface area (Å²) in [5.41, 5.74) is 0. The van der Waals surface area contributed by atoms with E-state index in [9.17, 15) is 0 Å². The van der Waals surface area contributed by atoms with E-state index in [1.165, 1.54) is 31.5 Å². The van der Waals surface area contributed by atoms with Gasteiger partial charge < -0.3 is 4.57 Å². The van der Waals surface area contributed by atoms with Crippen LogP contribution in [0.5, 0.6) is 0 Å². The van der Waals surface area contributed by atoms with Crippen LogP contribution in [0.3, 0.4) is 0 Å². The normalized spacial score (nSPS) is 34.5. The highest BCUT2D eigenvalue weighted by Gasteiger charge is 2.47. The first-order valence-electron chi connectivity index (χ1n) is 5.76. The summed E-state index contributed by atoms with van der Waals surface area (Å²) in [6, 6.07) is 0. The molecule has 0 N–H and O–H groups in total. The molecule has 0 spiro atoms. The number of aromatic nitrogens is 3. The van der Waals surface area contributed by atoms with E-state index in [1.807, 2.05) is 6.33 Å². The van der Waals surface area contributed by atoms with Crippen LogP contribution >= 0.6 is 0 Å². The molecule has 0 radical (unpaired) electrons. The van der Waals surface area contributed by atoms with Gasteiger partial charge in [0.2, 0.25) is 0 Å². The Morgan fingerprint density at radius 3 is 2.86 bits per heavy atom. The van der Waals surface area contributed by atoms with Gasteiger partial charge in [0.1, 0.15) is 12.2 Å². The molecule has 2 fully saturated rings. The molecule has 3 heteroatoms. The molecule has 0 aromatic carbocycles. The van der Waals surface area contributed by atoms with Gasteiger partial charge in [-0.15, -0.1) is 10.2 Å². The molecule has 2 aliphatic carbocycles. The fraction of sp³-hybridized carbons (Fsp3) is 0.818.